The molecule has 0 saturated heterocycles. The minimum atomic E-state index is 0.220. The number of aliphatic hydroxyl groups excluding tert-OH is 1. The Labute approximate surface area is 183 Å². The summed E-state index contributed by atoms with van der Waals surface area (Å²) < 4.78 is 0. The van der Waals surface area contributed by atoms with E-state index in [0.29, 0.717) is 22.9 Å². The van der Waals surface area contributed by atoms with Crippen molar-refractivity contribution in [1.82, 2.24) is 0 Å². The first-order valence-electron chi connectivity index (χ1n) is 12.5. The van der Waals surface area contributed by atoms with Crippen LogP contribution in [0.25, 0.3) is 0 Å². The number of allylic oxidation sites excluding steroid dienone is 5. The third-order valence-corrected chi connectivity index (χ3v) is 10.0. The third kappa shape index (κ3) is 3.53. The lowest BCUT2D eigenvalue weighted by molar-refractivity contribution is -0.116. The first-order chi connectivity index (χ1) is 14.2. The van der Waals surface area contributed by atoms with Gasteiger partial charge in [0.15, 0.2) is 5.78 Å². The minimum Gasteiger partial charge on any atom is -0.513 e. The SMILES string of the molecule is C=C(O)[C@H](C)CCCC(C)[C@H]1CCC2C3=CCC4=CC(=O)CC[C@]4(C)C3CC[C@@]21C. The van der Waals surface area contributed by atoms with Gasteiger partial charge >= 0.3 is 0 Å². The summed E-state index contributed by atoms with van der Waals surface area (Å²) in [5, 5.41) is 9.60. The van der Waals surface area contributed by atoms with Gasteiger partial charge in [-0.25, -0.2) is 0 Å². The Bertz CT molecular complexity index is 774. The van der Waals surface area contributed by atoms with Crippen molar-refractivity contribution < 1.29 is 9.90 Å². The second-order valence-electron chi connectivity index (χ2n) is 11.6. The molecule has 0 radical (unpaired) electrons. The fraction of sp³-hybridized carbons (Fsp3) is 0.750. The summed E-state index contributed by atoms with van der Waals surface area (Å²) in [7, 11) is 0. The Morgan fingerprint density at radius 3 is 2.67 bits per heavy atom. The number of hydrogen-bond donors (Lipinski definition) is 1. The summed E-state index contributed by atoms with van der Waals surface area (Å²) in [6, 6.07) is 0. The van der Waals surface area contributed by atoms with Gasteiger partial charge in [0.2, 0.25) is 0 Å². The molecule has 0 aromatic rings. The molecule has 0 heterocycles. The Morgan fingerprint density at radius 1 is 1.17 bits per heavy atom. The molecule has 2 saturated carbocycles. The second-order valence-corrected chi connectivity index (χ2v) is 11.6. The molecular weight excluding hydrogens is 368 g/mol. The van der Waals surface area contributed by atoms with Crippen molar-refractivity contribution in [1.29, 1.82) is 0 Å². The van der Waals surface area contributed by atoms with E-state index in [2.05, 4.69) is 40.3 Å². The number of ketones is 1. The van der Waals surface area contributed by atoms with Crippen molar-refractivity contribution in [3.63, 3.8) is 0 Å². The predicted octanol–water partition coefficient (Wildman–Crippen LogP) is 7.57. The number of hydrogen-bond acceptors (Lipinski definition) is 2. The van der Waals surface area contributed by atoms with Crippen LogP contribution in [-0.2, 0) is 4.79 Å². The van der Waals surface area contributed by atoms with Crippen molar-refractivity contribution in [2.45, 2.75) is 91.9 Å². The molecule has 4 rings (SSSR count). The predicted molar refractivity (Wildman–Crippen MR) is 124 cm³/mol. The highest BCUT2D eigenvalue weighted by molar-refractivity contribution is 5.91. The Kier molecular flexibility index (Phi) is 5.83. The standard InChI is InChI=1S/C28H42O2/c1-18(20(3)29)7-6-8-19(2)24-11-12-25-23-10-9-21-17-22(30)13-15-27(21,4)26(23)14-16-28(24,25)5/h10,17-19,24-26,29H,3,6-9,11-16H2,1-2,4-5H3/t18-,19?,24-,25?,26?,27+,28-/m1/s1. The fourth-order valence-corrected chi connectivity index (χ4v) is 7.95. The highest BCUT2D eigenvalue weighted by atomic mass is 16.3. The van der Waals surface area contributed by atoms with Gasteiger partial charge in [-0.05, 0) is 85.5 Å². The van der Waals surface area contributed by atoms with Gasteiger partial charge in [0.1, 0.15) is 0 Å². The monoisotopic (exact) mass is 410 g/mol. The smallest absolute Gasteiger partial charge is 0.155 e. The molecule has 3 unspecified atom stereocenters. The maximum absolute atomic E-state index is 12.0. The molecule has 1 N–H and O–H groups in total. The van der Waals surface area contributed by atoms with Crippen molar-refractivity contribution in [2.24, 2.45) is 40.4 Å². The number of aliphatic hydroxyl groups is 1. The summed E-state index contributed by atoms with van der Waals surface area (Å²) in [4.78, 5) is 12.0. The summed E-state index contributed by atoms with van der Waals surface area (Å²) in [5.41, 5.74) is 3.85. The van der Waals surface area contributed by atoms with Crippen molar-refractivity contribution >= 4 is 5.78 Å². The molecule has 0 bridgehead atoms. The van der Waals surface area contributed by atoms with Crippen LogP contribution >= 0.6 is 0 Å². The molecule has 2 nitrogen and oxygen atoms in total. The second kappa shape index (κ2) is 7.99. The zero-order chi connectivity index (χ0) is 21.7. The Hall–Kier alpha value is -1.31. The van der Waals surface area contributed by atoms with Gasteiger partial charge in [-0.3, -0.25) is 4.79 Å². The maximum Gasteiger partial charge on any atom is 0.155 e. The van der Waals surface area contributed by atoms with E-state index in [9.17, 15) is 9.90 Å². The van der Waals surface area contributed by atoms with E-state index in [1.807, 2.05) is 6.08 Å². The van der Waals surface area contributed by atoms with Crippen LogP contribution in [-0.4, -0.2) is 10.9 Å². The van der Waals surface area contributed by atoms with E-state index in [1.54, 1.807) is 5.57 Å². The molecule has 2 fully saturated rings. The molecule has 166 valence electrons. The van der Waals surface area contributed by atoms with Gasteiger partial charge in [-0.1, -0.05) is 64.3 Å². The average molecular weight is 411 g/mol. The summed E-state index contributed by atoms with van der Waals surface area (Å²) in [6.45, 7) is 13.3. The Morgan fingerprint density at radius 2 is 1.93 bits per heavy atom. The van der Waals surface area contributed by atoms with Crippen molar-refractivity contribution in [3.8, 4) is 0 Å². The highest BCUT2D eigenvalue weighted by Gasteiger charge is 2.56. The zero-order valence-electron chi connectivity index (χ0n) is 19.7. The van der Waals surface area contributed by atoms with E-state index in [0.717, 1.165) is 43.4 Å². The van der Waals surface area contributed by atoms with E-state index in [1.165, 1.54) is 44.1 Å². The first kappa shape index (κ1) is 21.9. The number of fused-ring (bicyclic) bond motifs is 5. The summed E-state index contributed by atoms with van der Waals surface area (Å²) in [6.07, 6.45) is 16.2. The van der Waals surface area contributed by atoms with Crippen molar-refractivity contribution in [2.75, 3.05) is 0 Å². The van der Waals surface area contributed by atoms with Gasteiger partial charge < -0.3 is 5.11 Å². The van der Waals surface area contributed by atoms with Gasteiger partial charge in [0, 0.05) is 12.3 Å². The molecular formula is C28H42O2. The van der Waals surface area contributed by atoms with E-state index in [4.69, 9.17) is 0 Å². The Balaban J connectivity index is 1.48. The van der Waals surface area contributed by atoms with Crippen LogP contribution in [0.1, 0.15) is 91.9 Å². The number of carbonyl (C=O) groups is 1. The largest absolute Gasteiger partial charge is 0.513 e. The lowest BCUT2D eigenvalue weighted by Gasteiger charge is -2.55. The lowest BCUT2D eigenvalue weighted by atomic mass is 9.50. The average Bonchev–Trinajstić information content (AvgIpc) is 3.05. The maximum atomic E-state index is 12.0. The quantitative estimate of drug-likeness (QED) is 0.362. The van der Waals surface area contributed by atoms with Gasteiger partial charge in [-0.15, -0.1) is 0 Å². The number of rotatable bonds is 6. The molecule has 0 aliphatic heterocycles. The van der Waals surface area contributed by atoms with Crippen LogP contribution < -0.4 is 0 Å². The van der Waals surface area contributed by atoms with Crippen molar-refractivity contribution in [3.05, 3.63) is 35.6 Å². The molecule has 0 amide bonds. The molecule has 4 aliphatic rings. The van der Waals surface area contributed by atoms with Gasteiger partial charge in [0.05, 0.1) is 5.76 Å². The molecule has 30 heavy (non-hydrogen) atoms. The fourth-order valence-electron chi connectivity index (χ4n) is 7.95. The zero-order valence-corrected chi connectivity index (χ0v) is 19.7. The highest BCUT2D eigenvalue weighted by Crippen LogP contribution is 2.66. The molecule has 2 heteroatoms. The summed E-state index contributed by atoms with van der Waals surface area (Å²) >= 11 is 0. The number of carbonyl (C=O) groups excluding carboxylic acids is 1. The third-order valence-electron chi connectivity index (χ3n) is 10.0. The topological polar surface area (TPSA) is 37.3 Å². The van der Waals surface area contributed by atoms with E-state index < -0.39 is 0 Å². The normalized spacial score (nSPS) is 39.9. The van der Waals surface area contributed by atoms with Crippen LogP contribution in [0.15, 0.2) is 35.6 Å². The first-order valence-corrected chi connectivity index (χ1v) is 12.5. The molecule has 4 aliphatic carbocycles. The minimum absolute atomic E-state index is 0.220. The van der Waals surface area contributed by atoms with Crippen LogP contribution in [0.4, 0.5) is 0 Å². The van der Waals surface area contributed by atoms with Gasteiger partial charge in [-0.2, -0.15) is 0 Å². The van der Waals surface area contributed by atoms with E-state index in [-0.39, 0.29) is 11.3 Å². The van der Waals surface area contributed by atoms with Crippen LogP contribution in [0, 0.1) is 40.4 Å². The molecule has 0 aromatic heterocycles. The lowest BCUT2D eigenvalue weighted by Crippen LogP contribution is -2.46. The molecule has 0 spiro atoms. The van der Waals surface area contributed by atoms with Gasteiger partial charge in [0.25, 0.3) is 0 Å². The van der Waals surface area contributed by atoms with Crippen LogP contribution in [0.2, 0.25) is 0 Å². The molecule has 0 aromatic carbocycles. The van der Waals surface area contributed by atoms with Crippen LogP contribution in [0.3, 0.4) is 0 Å². The van der Waals surface area contributed by atoms with Crippen LogP contribution in [0.5, 0.6) is 0 Å². The summed E-state index contributed by atoms with van der Waals surface area (Å²) in [5.74, 6) is 3.87. The van der Waals surface area contributed by atoms with E-state index >= 15 is 0 Å². The molecule has 7 atom stereocenters.